The molecule has 1 aliphatic heterocycles. The predicted octanol–water partition coefficient (Wildman–Crippen LogP) is 1.58. The van der Waals surface area contributed by atoms with E-state index in [0.717, 1.165) is 31.6 Å². The monoisotopic (exact) mass is 287 g/mol. The number of rotatable bonds is 3. The van der Waals surface area contributed by atoms with E-state index in [4.69, 9.17) is 9.84 Å². The first-order valence-electron chi connectivity index (χ1n) is 7.29. The van der Waals surface area contributed by atoms with Crippen molar-refractivity contribution in [3.8, 4) is 11.8 Å². The van der Waals surface area contributed by atoms with E-state index in [2.05, 4.69) is 24.1 Å². The maximum atomic E-state index is 12.2. The van der Waals surface area contributed by atoms with Gasteiger partial charge in [-0.15, -0.1) is 0 Å². The predicted molar refractivity (Wildman–Crippen MR) is 80.9 cm³/mol. The van der Waals surface area contributed by atoms with Gasteiger partial charge in [-0.3, -0.25) is 4.79 Å². The highest BCUT2D eigenvalue weighted by atomic mass is 16.5. The minimum atomic E-state index is -0.162. The molecule has 2 rings (SSSR count). The lowest BCUT2D eigenvalue weighted by molar-refractivity contribution is 0.0538. The van der Waals surface area contributed by atoms with Gasteiger partial charge in [0.1, 0.15) is 6.61 Å². The van der Waals surface area contributed by atoms with Gasteiger partial charge in [0.25, 0.3) is 5.91 Å². The summed E-state index contributed by atoms with van der Waals surface area (Å²) in [6.07, 6.45) is 1.99. The van der Waals surface area contributed by atoms with Crippen LogP contribution in [0.5, 0.6) is 0 Å². The van der Waals surface area contributed by atoms with Crippen molar-refractivity contribution < 1.29 is 14.6 Å². The number of aliphatic hydroxyl groups excluding tert-OH is 1. The van der Waals surface area contributed by atoms with E-state index in [-0.39, 0.29) is 18.6 Å². The Morgan fingerprint density at radius 3 is 2.67 bits per heavy atom. The van der Waals surface area contributed by atoms with E-state index in [1.165, 1.54) is 0 Å². The quantitative estimate of drug-likeness (QED) is 0.830. The lowest BCUT2D eigenvalue weighted by Gasteiger charge is -2.28. The molecule has 4 heteroatoms. The molecule has 21 heavy (non-hydrogen) atoms. The Morgan fingerprint density at radius 2 is 2.05 bits per heavy atom. The van der Waals surface area contributed by atoms with Crippen LogP contribution in [-0.4, -0.2) is 36.9 Å². The van der Waals surface area contributed by atoms with Crippen molar-refractivity contribution >= 4 is 5.91 Å². The van der Waals surface area contributed by atoms with E-state index in [0.29, 0.717) is 11.5 Å². The van der Waals surface area contributed by atoms with Crippen molar-refractivity contribution in [1.29, 1.82) is 0 Å². The molecule has 0 saturated carbocycles. The largest absolute Gasteiger partial charge is 0.384 e. The highest BCUT2D eigenvalue weighted by Crippen LogP contribution is 2.18. The Morgan fingerprint density at radius 1 is 1.38 bits per heavy atom. The summed E-state index contributed by atoms with van der Waals surface area (Å²) in [6, 6.07) is 7.24. The number of hydrogen-bond acceptors (Lipinski definition) is 3. The van der Waals surface area contributed by atoms with Crippen LogP contribution in [0.25, 0.3) is 0 Å². The van der Waals surface area contributed by atoms with Crippen LogP contribution in [0, 0.1) is 17.8 Å². The normalized spacial score (nSPS) is 16.7. The van der Waals surface area contributed by atoms with Gasteiger partial charge in [0.15, 0.2) is 0 Å². The smallest absolute Gasteiger partial charge is 0.251 e. The molecule has 112 valence electrons. The van der Waals surface area contributed by atoms with Gasteiger partial charge in [-0.1, -0.05) is 11.8 Å². The summed E-state index contributed by atoms with van der Waals surface area (Å²) in [5, 5.41) is 11.7. The SMILES string of the molecule is CC(NC(=O)c1ccc(C#CCO)cc1)C1CCOCC1. The van der Waals surface area contributed by atoms with E-state index >= 15 is 0 Å². The average Bonchev–Trinajstić information content (AvgIpc) is 2.54. The van der Waals surface area contributed by atoms with Crippen LogP contribution < -0.4 is 5.32 Å². The Labute approximate surface area is 125 Å². The molecule has 1 saturated heterocycles. The minimum absolute atomic E-state index is 0.0596. The number of amides is 1. The third kappa shape index (κ3) is 4.59. The molecule has 0 spiro atoms. The highest BCUT2D eigenvalue weighted by Gasteiger charge is 2.22. The van der Waals surface area contributed by atoms with E-state index in [1.54, 1.807) is 24.3 Å². The second-order valence-corrected chi connectivity index (χ2v) is 5.25. The van der Waals surface area contributed by atoms with Gasteiger partial charge in [0.05, 0.1) is 0 Å². The van der Waals surface area contributed by atoms with Crippen LogP contribution in [0.3, 0.4) is 0 Å². The number of aliphatic hydroxyl groups is 1. The fraction of sp³-hybridized carbons (Fsp3) is 0.471. The van der Waals surface area contributed by atoms with Crippen molar-refractivity contribution in [3.05, 3.63) is 35.4 Å². The van der Waals surface area contributed by atoms with E-state index in [9.17, 15) is 4.79 Å². The first-order chi connectivity index (χ1) is 10.2. The van der Waals surface area contributed by atoms with Crippen molar-refractivity contribution in [2.45, 2.75) is 25.8 Å². The molecular weight excluding hydrogens is 266 g/mol. The average molecular weight is 287 g/mol. The molecule has 1 aliphatic rings. The van der Waals surface area contributed by atoms with Crippen molar-refractivity contribution in [2.24, 2.45) is 5.92 Å². The molecular formula is C17H21NO3. The summed E-state index contributed by atoms with van der Waals surface area (Å²) in [5.74, 6) is 5.81. The van der Waals surface area contributed by atoms with Crippen molar-refractivity contribution in [2.75, 3.05) is 19.8 Å². The molecule has 0 radical (unpaired) electrons. The third-order valence-electron chi connectivity index (χ3n) is 3.79. The van der Waals surface area contributed by atoms with E-state index in [1.807, 2.05) is 0 Å². The number of nitrogens with one attached hydrogen (secondary N) is 1. The maximum absolute atomic E-state index is 12.2. The number of ether oxygens (including phenoxy) is 1. The summed E-state index contributed by atoms with van der Waals surface area (Å²) in [4.78, 5) is 12.2. The first-order valence-corrected chi connectivity index (χ1v) is 7.29. The maximum Gasteiger partial charge on any atom is 0.251 e. The number of hydrogen-bond donors (Lipinski definition) is 2. The molecule has 0 aromatic heterocycles. The Bertz CT molecular complexity index is 521. The van der Waals surface area contributed by atoms with Gasteiger partial charge in [0.2, 0.25) is 0 Å². The van der Waals surface area contributed by atoms with Crippen molar-refractivity contribution in [3.63, 3.8) is 0 Å². The van der Waals surface area contributed by atoms with E-state index < -0.39 is 0 Å². The van der Waals surface area contributed by atoms with Crippen LogP contribution in [0.2, 0.25) is 0 Å². The van der Waals surface area contributed by atoms with Gasteiger partial charge in [-0.2, -0.15) is 0 Å². The molecule has 2 N–H and O–H groups in total. The first kappa shape index (κ1) is 15.6. The fourth-order valence-corrected chi connectivity index (χ4v) is 2.47. The third-order valence-corrected chi connectivity index (χ3v) is 3.79. The summed E-state index contributed by atoms with van der Waals surface area (Å²) in [7, 11) is 0. The van der Waals surface area contributed by atoms with Crippen molar-refractivity contribution in [1.82, 2.24) is 5.32 Å². The standard InChI is InChI=1S/C17H21NO3/c1-13(15-8-11-21-12-9-15)18-17(20)16-6-4-14(5-7-16)3-2-10-19/h4-7,13,15,19H,8-12H2,1H3,(H,18,20). The molecule has 1 amide bonds. The Kier molecular flexibility index (Phi) is 5.79. The molecule has 1 unspecified atom stereocenters. The van der Waals surface area contributed by atoms with Crippen LogP contribution in [0.4, 0.5) is 0 Å². The van der Waals surface area contributed by atoms with Crippen LogP contribution >= 0.6 is 0 Å². The summed E-state index contributed by atoms with van der Waals surface area (Å²) in [6.45, 7) is 3.45. The van der Waals surface area contributed by atoms with Crippen LogP contribution in [-0.2, 0) is 4.74 Å². The van der Waals surface area contributed by atoms with Gasteiger partial charge < -0.3 is 15.2 Å². The number of carbonyl (C=O) groups is 1. The van der Waals surface area contributed by atoms with Gasteiger partial charge in [-0.25, -0.2) is 0 Å². The number of carbonyl (C=O) groups excluding carboxylic acids is 1. The Balaban J connectivity index is 1.93. The molecule has 1 aromatic rings. The zero-order valence-electron chi connectivity index (χ0n) is 12.3. The molecule has 1 atom stereocenters. The lowest BCUT2D eigenvalue weighted by Crippen LogP contribution is -2.40. The fourth-order valence-electron chi connectivity index (χ4n) is 2.47. The molecule has 1 fully saturated rings. The second-order valence-electron chi connectivity index (χ2n) is 5.25. The van der Waals surface area contributed by atoms with Crippen LogP contribution in [0.1, 0.15) is 35.7 Å². The lowest BCUT2D eigenvalue weighted by atomic mass is 9.93. The second kappa shape index (κ2) is 7.82. The van der Waals surface area contributed by atoms with Crippen LogP contribution in [0.15, 0.2) is 24.3 Å². The Hall–Kier alpha value is -1.83. The molecule has 1 heterocycles. The topological polar surface area (TPSA) is 58.6 Å². The van der Waals surface area contributed by atoms with Gasteiger partial charge in [-0.05, 0) is 49.9 Å². The molecule has 1 aromatic carbocycles. The molecule has 4 nitrogen and oxygen atoms in total. The minimum Gasteiger partial charge on any atom is -0.384 e. The zero-order chi connectivity index (χ0) is 15.1. The van der Waals surface area contributed by atoms with Gasteiger partial charge in [0, 0.05) is 30.4 Å². The number of benzene rings is 1. The van der Waals surface area contributed by atoms with Gasteiger partial charge >= 0.3 is 0 Å². The molecule has 0 aliphatic carbocycles. The summed E-state index contributed by atoms with van der Waals surface area (Å²) >= 11 is 0. The summed E-state index contributed by atoms with van der Waals surface area (Å²) < 4.78 is 5.34. The summed E-state index contributed by atoms with van der Waals surface area (Å²) in [5.41, 5.74) is 1.42. The highest BCUT2D eigenvalue weighted by molar-refractivity contribution is 5.94. The zero-order valence-corrected chi connectivity index (χ0v) is 12.3. The molecule has 0 bridgehead atoms.